The molecule has 1 aromatic rings. The monoisotopic (exact) mass is 344 g/mol. The molecule has 1 fully saturated rings. The molecule has 2 rings (SSSR count). The first-order valence-electron chi connectivity index (χ1n) is 7.49. The van der Waals surface area contributed by atoms with Crippen LogP contribution in [-0.4, -0.2) is 66.7 Å². The minimum atomic E-state index is -3.57. The van der Waals surface area contributed by atoms with Gasteiger partial charge in [0.1, 0.15) is 0 Å². The lowest BCUT2D eigenvalue weighted by atomic mass is 10.2. The SMILES string of the molecule is COC(CNS(=O)(=O)c1ccc(CN2CCOCC2)cc1)OC. The number of rotatable bonds is 8. The van der Waals surface area contributed by atoms with Crippen molar-refractivity contribution in [3.63, 3.8) is 0 Å². The van der Waals surface area contributed by atoms with Gasteiger partial charge in [-0.3, -0.25) is 4.90 Å². The molecular formula is C15H24N2O5S. The van der Waals surface area contributed by atoms with Crippen molar-refractivity contribution in [1.29, 1.82) is 0 Å². The van der Waals surface area contributed by atoms with Crippen LogP contribution in [0, 0.1) is 0 Å². The van der Waals surface area contributed by atoms with Crippen LogP contribution in [0.3, 0.4) is 0 Å². The van der Waals surface area contributed by atoms with E-state index < -0.39 is 16.3 Å². The van der Waals surface area contributed by atoms with Crippen LogP contribution in [0.5, 0.6) is 0 Å². The lowest BCUT2D eigenvalue weighted by Gasteiger charge is -2.26. The molecule has 0 atom stereocenters. The summed E-state index contributed by atoms with van der Waals surface area (Å²) >= 11 is 0. The third-order valence-electron chi connectivity index (χ3n) is 3.71. The van der Waals surface area contributed by atoms with E-state index in [0.717, 1.165) is 38.4 Å². The van der Waals surface area contributed by atoms with Gasteiger partial charge in [0.25, 0.3) is 0 Å². The average Bonchev–Trinajstić information content (AvgIpc) is 2.57. The number of nitrogens with zero attached hydrogens (tertiary/aromatic N) is 1. The summed E-state index contributed by atoms with van der Waals surface area (Å²) in [6.07, 6.45) is -0.606. The maximum absolute atomic E-state index is 12.2. The van der Waals surface area contributed by atoms with Gasteiger partial charge in [0.2, 0.25) is 10.0 Å². The molecule has 0 saturated carbocycles. The number of hydrogen-bond donors (Lipinski definition) is 1. The molecule has 0 bridgehead atoms. The molecule has 1 heterocycles. The lowest BCUT2D eigenvalue weighted by Crippen LogP contribution is -2.35. The number of hydrogen-bond acceptors (Lipinski definition) is 6. The average molecular weight is 344 g/mol. The predicted octanol–water partition coefficient (Wildman–Crippen LogP) is 0.416. The molecular weight excluding hydrogens is 320 g/mol. The summed E-state index contributed by atoms with van der Waals surface area (Å²) in [5.41, 5.74) is 1.08. The minimum Gasteiger partial charge on any atom is -0.379 e. The van der Waals surface area contributed by atoms with Gasteiger partial charge in [-0.2, -0.15) is 0 Å². The predicted molar refractivity (Wildman–Crippen MR) is 85.5 cm³/mol. The molecule has 0 unspecified atom stereocenters. The van der Waals surface area contributed by atoms with Gasteiger partial charge in [-0.25, -0.2) is 13.1 Å². The lowest BCUT2D eigenvalue weighted by molar-refractivity contribution is -0.0960. The fourth-order valence-corrected chi connectivity index (χ4v) is 3.33. The number of nitrogens with one attached hydrogen (secondary N) is 1. The highest BCUT2D eigenvalue weighted by atomic mass is 32.2. The molecule has 0 amide bonds. The first-order chi connectivity index (χ1) is 11.0. The van der Waals surface area contributed by atoms with Gasteiger partial charge in [0.05, 0.1) is 24.7 Å². The van der Waals surface area contributed by atoms with Gasteiger partial charge in [0.15, 0.2) is 6.29 Å². The fraction of sp³-hybridized carbons (Fsp3) is 0.600. The second-order valence-corrected chi connectivity index (χ2v) is 7.05. The minimum absolute atomic E-state index is 0.0604. The third kappa shape index (κ3) is 5.52. The van der Waals surface area contributed by atoms with E-state index in [4.69, 9.17) is 14.2 Å². The highest BCUT2D eigenvalue weighted by Crippen LogP contribution is 2.13. The van der Waals surface area contributed by atoms with Crippen LogP contribution in [0.15, 0.2) is 29.2 Å². The van der Waals surface area contributed by atoms with Gasteiger partial charge in [0, 0.05) is 33.9 Å². The largest absolute Gasteiger partial charge is 0.379 e. The fourth-order valence-electron chi connectivity index (χ4n) is 2.32. The maximum atomic E-state index is 12.2. The quantitative estimate of drug-likeness (QED) is 0.689. The van der Waals surface area contributed by atoms with Gasteiger partial charge in [-0.1, -0.05) is 12.1 Å². The highest BCUT2D eigenvalue weighted by Gasteiger charge is 2.17. The Morgan fingerprint density at radius 1 is 1.17 bits per heavy atom. The zero-order valence-corrected chi connectivity index (χ0v) is 14.3. The van der Waals surface area contributed by atoms with Crippen molar-refractivity contribution >= 4 is 10.0 Å². The van der Waals surface area contributed by atoms with Crippen LogP contribution in [0.2, 0.25) is 0 Å². The topological polar surface area (TPSA) is 77.1 Å². The van der Waals surface area contributed by atoms with E-state index in [1.165, 1.54) is 14.2 Å². The smallest absolute Gasteiger partial charge is 0.240 e. The number of methoxy groups -OCH3 is 2. The van der Waals surface area contributed by atoms with E-state index in [1.807, 2.05) is 12.1 Å². The summed E-state index contributed by atoms with van der Waals surface area (Å²) < 4.78 is 42.2. The Bertz CT molecular complexity index is 566. The number of benzene rings is 1. The van der Waals surface area contributed by atoms with Crippen molar-refractivity contribution in [3.8, 4) is 0 Å². The van der Waals surface area contributed by atoms with Gasteiger partial charge in [-0.05, 0) is 17.7 Å². The van der Waals surface area contributed by atoms with Crippen molar-refractivity contribution < 1.29 is 22.6 Å². The van der Waals surface area contributed by atoms with E-state index >= 15 is 0 Å². The number of ether oxygens (including phenoxy) is 3. The van der Waals surface area contributed by atoms with Crippen LogP contribution in [-0.2, 0) is 30.8 Å². The second kappa shape index (κ2) is 8.72. The second-order valence-electron chi connectivity index (χ2n) is 5.29. The maximum Gasteiger partial charge on any atom is 0.240 e. The Balaban J connectivity index is 1.94. The Kier molecular flexibility index (Phi) is 6.94. The summed E-state index contributed by atoms with van der Waals surface area (Å²) in [4.78, 5) is 2.52. The molecule has 1 aliphatic rings. The molecule has 23 heavy (non-hydrogen) atoms. The molecule has 0 aliphatic carbocycles. The highest BCUT2D eigenvalue weighted by molar-refractivity contribution is 7.89. The van der Waals surface area contributed by atoms with E-state index in [-0.39, 0.29) is 11.4 Å². The Morgan fingerprint density at radius 2 is 1.78 bits per heavy atom. The van der Waals surface area contributed by atoms with Crippen LogP contribution < -0.4 is 4.72 Å². The van der Waals surface area contributed by atoms with E-state index in [0.29, 0.717) is 0 Å². The van der Waals surface area contributed by atoms with E-state index in [2.05, 4.69) is 9.62 Å². The van der Waals surface area contributed by atoms with Crippen LogP contribution >= 0.6 is 0 Å². The molecule has 0 aromatic heterocycles. The van der Waals surface area contributed by atoms with E-state index in [1.54, 1.807) is 12.1 Å². The van der Waals surface area contributed by atoms with Gasteiger partial charge < -0.3 is 14.2 Å². The van der Waals surface area contributed by atoms with Crippen molar-refractivity contribution in [3.05, 3.63) is 29.8 Å². The van der Waals surface area contributed by atoms with Crippen LogP contribution in [0.4, 0.5) is 0 Å². The molecule has 8 heteroatoms. The standard InChI is InChI=1S/C15H24N2O5S/c1-20-15(21-2)11-16-23(18,19)14-5-3-13(4-6-14)12-17-7-9-22-10-8-17/h3-6,15-16H,7-12H2,1-2H3. The molecule has 7 nitrogen and oxygen atoms in total. The van der Waals surface area contributed by atoms with Gasteiger partial charge in [-0.15, -0.1) is 0 Å². The Labute approximate surface area is 137 Å². The van der Waals surface area contributed by atoms with Crippen molar-refractivity contribution in [2.75, 3.05) is 47.1 Å². The van der Waals surface area contributed by atoms with E-state index in [9.17, 15) is 8.42 Å². The van der Waals surface area contributed by atoms with Crippen molar-refractivity contribution in [2.24, 2.45) is 0 Å². The van der Waals surface area contributed by atoms with Gasteiger partial charge >= 0.3 is 0 Å². The number of morpholine rings is 1. The first-order valence-corrected chi connectivity index (χ1v) is 8.98. The first kappa shape index (κ1) is 18.3. The molecule has 0 spiro atoms. The summed E-state index contributed by atoms with van der Waals surface area (Å²) in [6, 6.07) is 6.92. The summed E-state index contributed by atoms with van der Waals surface area (Å²) in [5.74, 6) is 0. The molecule has 130 valence electrons. The molecule has 1 N–H and O–H groups in total. The number of sulfonamides is 1. The normalized spacial score (nSPS) is 16.8. The zero-order valence-electron chi connectivity index (χ0n) is 13.5. The van der Waals surface area contributed by atoms with Crippen molar-refractivity contribution in [1.82, 2.24) is 9.62 Å². The summed E-state index contributed by atoms with van der Waals surface area (Å²) in [7, 11) is -0.647. The van der Waals surface area contributed by atoms with Crippen molar-refractivity contribution in [2.45, 2.75) is 17.7 Å². The molecule has 1 aromatic carbocycles. The third-order valence-corrected chi connectivity index (χ3v) is 5.15. The summed E-state index contributed by atoms with van der Waals surface area (Å²) in [6.45, 7) is 4.15. The molecule has 1 aliphatic heterocycles. The zero-order chi connectivity index (χ0) is 16.7. The Hall–Kier alpha value is -1.03. The Morgan fingerprint density at radius 3 is 2.35 bits per heavy atom. The molecule has 0 radical (unpaired) electrons. The van der Waals surface area contributed by atoms with Crippen LogP contribution in [0.25, 0.3) is 0 Å². The van der Waals surface area contributed by atoms with Crippen LogP contribution in [0.1, 0.15) is 5.56 Å². The summed E-state index contributed by atoms with van der Waals surface area (Å²) in [5, 5.41) is 0. The molecule has 1 saturated heterocycles.